The van der Waals surface area contributed by atoms with Gasteiger partial charge in [-0.05, 0) is 0 Å². The van der Waals surface area contributed by atoms with Crippen molar-refractivity contribution < 1.29 is 4.79 Å². The van der Waals surface area contributed by atoms with Gasteiger partial charge in [0.25, 0.3) is 0 Å². The number of aromatic nitrogens is 3. The van der Waals surface area contributed by atoms with Crippen molar-refractivity contribution in [3.05, 3.63) is 12.2 Å². The number of amides is 1. The van der Waals surface area contributed by atoms with Crippen LogP contribution in [-0.4, -0.2) is 40.1 Å². The van der Waals surface area contributed by atoms with E-state index in [9.17, 15) is 4.79 Å². The van der Waals surface area contributed by atoms with Crippen molar-refractivity contribution in [3.63, 3.8) is 0 Å². The molecule has 0 aliphatic heterocycles. The van der Waals surface area contributed by atoms with Crippen LogP contribution in [0.1, 0.15) is 5.82 Å². The zero-order chi connectivity index (χ0) is 8.27. The van der Waals surface area contributed by atoms with E-state index in [1.54, 1.807) is 14.1 Å². The molecule has 1 N–H and O–H groups in total. The fourth-order valence-electron chi connectivity index (χ4n) is 0.617. The average Bonchev–Trinajstić information content (AvgIpc) is 2.39. The number of rotatable bonds is 2. The molecule has 5 heteroatoms. The zero-order valence-electron chi connectivity index (χ0n) is 6.53. The van der Waals surface area contributed by atoms with Crippen LogP contribution < -0.4 is 0 Å². The van der Waals surface area contributed by atoms with E-state index in [4.69, 9.17) is 0 Å². The van der Waals surface area contributed by atoms with E-state index in [0.29, 0.717) is 5.82 Å². The van der Waals surface area contributed by atoms with E-state index in [1.807, 2.05) is 0 Å². The lowest BCUT2D eigenvalue weighted by Gasteiger charge is -2.07. The van der Waals surface area contributed by atoms with Crippen molar-refractivity contribution in [2.24, 2.45) is 0 Å². The number of nitrogens with zero attached hydrogens (tertiary/aromatic N) is 3. The van der Waals surface area contributed by atoms with E-state index in [1.165, 1.54) is 11.2 Å². The molecular formula is C6H10N4O. The van der Waals surface area contributed by atoms with Gasteiger partial charge in [-0.2, -0.15) is 5.10 Å². The summed E-state index contributed by atoms with van der Waals surface area (Å²) in [6, 6.07) is 0. The molecule has 0 atom stereocenters. The van der Waals surface area contributed by atoms with Gasteiger partial charge in [0.05, 0.1) is 6.42 Å². The summed E-state index contributed by atoms with van der Waals surface area (Å²) in [4.78, 5) is 16.4. The lowest BCUT2D eigenvalue weighted by molar-refractivity contribution is -0.128. The highest BCUT2D eigenvalue weighted by Gasteiger charge is 2.06. The van der Waals surface area contributed by atoms with Crippen molar-refractivity contribution in [2.75, 3.05) is 14.1 Å². The average molecular weight is 154 g/mol. The third-order valence-electron chi connectivity index (χ3n) is 1.28. The Bertz CT molecular complexity index is 229. The zero-order valence-corrected chi connectivity index (χ0v) is 6.53. The number of likely N-dealkylation sites (N-methyl/N-ethyl adjacent to an activating group) is 1. The summed E-state index contributed by atoms with van der Waals surface area (Å²) in [6.45, 7) is 0. The summed E-state index contributed by atoms with van der Waals surface area (Å²) in [6.07, 6.45) is 1.67. The molecular weight excluding hydrogens is 144 g/mol. The molecule has 0 aromatic carbocycles. The van der Waals surface area contributed by atoms with E-state index >= 15 is 0 Å². The highest BCUT2D eigenvalue weighted by molar-refractivity contribution is 5.77. The molecule has 1 aromatic heterocycles. The maximum absolute atomic E-state index is 11.0. The largest absolute Gasteiger partial charge is 0.348 e. The van der Waals surface area contributed by atoms with Gasteiger partial charge in [-0.15, -0.1) is 0 Å². The predicted molar refractivity (Wildman–Crippen MR) is 38.8 cm³/mol. The van der Waals surface area contributed by atoms with Crippen LogP contribution in [0.2, 0.25) is 0 Å². The van der Waals surface area contributed by atoms with Gasteiger partial charge in [0, 0.05) is 14.1 Å². The monoisotopic (exact) mass is 154 g/mol. The molecule has 11 heavy (non-hydrogen) atoms. The molecule has 0 saturated carbocycles. The summed E-state index contributed by atoms with van der Waals surface area (Å²) in [5.41, 5.74) is 0. The van der Waals surface area contributed by atoms with Crippen LogP contribution in [0.25, 0.3) is 0 Å². The molecule has 60 valence electrons. The van der Waals surface area contributed by atoms with Gasteiger partial charge in [-0.1, -0.05) is 0 Å². The van der Waals surface area contributed by atoms with Crippen molar-refractivity contribution in [1.29, 1.82) is 0 Å². The van der Waals surface area contributed by atoms with Crippen LogP contribution in [0.5, 0.6) is 0 Å². The van der Waals surface area contributed by atoms with Crippen LogP contribution in [0.3, 0.4) is 0 Å². The quantitative estimate of drug-likeness (QED) is 0.620. The molecule has 1 aromatic rings. The fraction of sp³-hybridized carbons (Fsp3) is 0.500. The predicted octanol–water partition coefficient (Wildman–Crippen LogP) is -0.565. The lowest BCUT2D eigenvalue weighted by Crippen LogP contribution is -2.23. The molecule has 0 bridgehead atoms. The second-order valence-electron chi connectivity index (χ2n) is 2.40. The molecule has 0 fully saturated rings. The van der Waals surface area contributed by atoms with Gasteiger partial charge in [-0.3, -0.25) is 9.89 Å². The van der Waals surface area contributed by atoms with Gasteiger partial charge in [-0.25, -0.2) is 4.98 Å². The first-order valence-electron chi connectivity index (χ1n) is 3.24. The number of aromatic amines is 1. The smallest absolute Gasteiger partial charge is 0.229 e. The van der Waals surface area contributed by atoms with E-state index in [-0.39, 0.29) is 12.3 Å². The van der Waals surface area contributed by atoms with Crippen molar-refractivity contribution in [3.8, 4) is 0 Å². The first-order chi connectivity index (χ1) is 5.20. The number of carbonyl (C=O) groups is 1. The number of hydrogen-bond acceptors (Lipinski definition) is 3. The van der Waals surface area contributed by atoms with Crippen molar-refractivity contribution >= 4 is 5.91 Å². The molecule has 1 amide bonds. The van der Waals surface area contributed by atoms with Crippen LogP contribution in [0.4, 0.5) is 0 Å². The molecule has 0 aliphatic rings. The maximum atomic E-state index is 11.0. The molecule has 1 heterocycles. The third kappa shape index (κ3) is 2.03. The Labute approximate surface area is 64.4 Å². The second kappa shape index (κ2) is 3.14. The number of hydrogen-bond donors (Lipinski definition) is 1. The Balaban J connectivity index is 2.50. The summed E-state index contributed by atoms with van der Waals surface area (Å²) in [5.74, 6) is 0.616. The Morgan fingerprint density at radius 1 is 1.73 bits per heavy atom. The Hall–Kier alpha value is -1.39. The molecule has 0 aliphatic carbocycles. The lowest BCUT2D eigenvalue weighted by atomic mass is 10.4. The number of H-pyrrole nitrogens is 1. The van der Waals surface area contributed by atoms with Gasteiger partial charge in [0.2, 0.25) is 5.91 Å². The van der Waals surface area contributed by atoms with Crippen LogP contribution in [0, 0.1) is 0 Å². The standard InChI is InChI=1S/C6H10N4O/c1-10(2)6(11)3-5-7-4-8-9-5/h4H,3H2,1-2H3,(H,7,8,9). The minimum Gasteiger partial charge on any atom is -0.348 e. The minimum atomic E-state index is 0.0155. The molecule has 1 rings (SSSR count). The van der Waals surface area contributed by atoms with Crippen LogP contribution in [-0.2, 0) is 11.2 Å². The third-order valence-corrected chi connectivity index (χ3v) is 1.28. The second-order valence-corrected chi connectivity index (χ2v) is 2.40. The fourth-order valence-corrected chi connectivity index (χ4v) is 0.617. The number of carbonyl (C=O) groups excluding carboxylic acids is 1. The van der Waals surface area contributed by atoms with Crippen molar-refractivity contribution in [2.45, 2.75) is 6.42 Å². The first-order valence-corrected chi connectivity index (χ1v) is 3.24. The molecule has 0 spiro atoms. The highest BCUT2D eigenvalue weighted by atomic mass is 16.2. The molecule has 0 radical (unpaired) electrons. The summed E-state index contributed by atoms with van der Waals surface area (Å²) in [5, 5.41) is 6.24. The van der Waals surface area contributed by atoms with Gasteiger partial charge < -0.3 is 4.90 Å². The number of nitrogens with one attached hydrogen (secondary N) is 1. The van der Waals surface area contributed by atoms with Gasteiger partial charge in [0.15, 0.2) is 0 Å². The van der Waals surface area contributed by atoms with Crippen molar-refractivity contribution in [1.82, 2.24) is 20.1 Å². The van der Waals surface area contributed by atoms with Gasteiger partial charge in [0.1, 0.15) is 12.2 Å². The summed E-state index contributed by atoms with van der Waals surface area (Å²) >= 11 is 0. The van der Waals surface area contributed by atoms with Crippen LogP contribution >= 0.6 is 0 Å². The normalized spacial score (nSPS) is 9.64. The molecule has 0 saturated heterocycles. The Morgan fingerprint density at radius 2 is 2.45 bits per heavy atom. The SMILES string of the molecule is CN(C)C(=O)Cc1ncn[nH]1. The molecule has 5 nitrogen and oxygen atoms in total. The maximum Gasteiger partial charge on any atom is 0.229 e. The Morgan fingerprint density at radius 3 is 2.91 bits per heavy atom. The van der Waals surface area contributed by atoms with Crippen LogP contribution in [0.15, 0.2) is 6.33 Å². The van der Waals surface area contributed by atoms with E-state index < -0.39 is 0 Å². The van der Waals surface area contributed by atoms with E-state index in [2.05, 4.69) is 15.2 Å². The molecule has 0 unspecified atom stereocenters. The minimum absolute atomic E-state index is 0.0155. The Kier molecular flexibility index (Phi) is 2.20. The topological polar surface area (TPSA) is 61.9 Å². The first kappa shape index (κ1) is 7.71. The summed E-state index contributed by atoms with van der Waals surface area (Å²) < 4.78 is 0. The highest BCUT2D eigenvalue weighted by Crippen LogP contribution is 1.90. The van der Waals surface area contributed by atoms with Gasteiger partial charge >= 0.3 is 0 Å². The van der Waals surface area contributed by atoms with E-state index in [0.717, 1.165) is 0 Å². The summed E-state index contributed by atoms with van der Waals surface area (Å²) in [7, 11) is 3.41.